The van der Waals surface area contributed by atoms with Crippen molar-refractivity contribution in [2.75, 3.05) is 0 Å². The van der Waals surface area contributed by atoms with Crippen molar-refractivity contribution in [3.8, 4) is 0 Å². The second-order valence-electron chi connectivity index (χ2n) is 4.96. The molecule has 0 aromatic heterocycles. The molecule has 4 heteroatoms. The molecule has 78 valence electrons. The fourth-order valence-electron chi connectivity index (χ4n) is 3.68. The van der Waals surface area contributed by atoms with Crippen molar-refractivity contribution < 1.29 is 19.8 Å². The Morgan fingerprint density at radius 2 is 1.86 bits per heavy atom. The Kier molecular flexibility index (Phi) is 1.56. The number of rotatable bonds is 2. The summed E-state index contributed by atoms with van der Waals surface area (Å²) in [7, 11) is 0. The van der Waals surface area contributed by atoms with Gasteiger partial charge in [0.05, 0.1) is 11.3 Å². The van der Waals surface area contributed by atoms with Crippen molar-refractivity contribution in [3.63, 3.8) is 0 Å². The molecule has 3 fully saturated rings. The van der Waals surface area contributed by atoms with E-state index in [1.807, 2.05) is 13.8 Å². The topological polar surface area (TPSA) is 74.6 Å². The van der Waals surface area contributed by atoms with Crippen molar-refractivity contribution in [3.05, 3.63) is 0 Å². The quantitative estimate of drug-likeness (QED) is 0.699. The second kappa shape index (κ2) is 2.30. The maximum absolute atomic E-state index is 11.2. The SMILES string of the molecule is CC1(C)[C@H]2CC[C@@]1(C(=O)O)[C@@H]2C(=O)O. The molecule has 0 aromatic carbocycles. The molecule has 0 saturated heterocycles. The summed E-state index contributed by atoms with van der Waals surface area (Å²) in [6, 6.07) is 0. The van der Waals surface area contributed by atoms with Gasteiger partial charge in [-0.15, -0.1) is 0 Å². The molecule has 0 aliphatic heterocycles. The highest BCUT2D eigenvalue weighted by Crippen LogP contribution is 2.74. The van der Waals surface area contributed by atoms with Gasteiger partial charge >= 0.3 is 11.9 Å². The Morgan fingerprint density at radius 1 is 1.29 bits per heavy atom. The van der Waals surface area contributed by atoms with E-state index in [2.05, 4.69) is 0 Å². The zero-order valence-corrected chi connectivity index (χ0v) is 8.28. The molecule has 0 spiro atoms. The molecule has 3 aliphatic carbocycles. The summed E-state index contributed by atoms with van der Waals surface area (Å²) >= 11 is 0. The maximum atomic E-state index is 11.2. The van der Waals surface area contributed by atoms with Crippen LogP contribution in [-0.4, -0.2) is 22.2 Å². The summed E-state index contributed by atoms with van der Waals surface area (Å²) in [4.78, 5) is 22.2. The first-order chi connectivity index (χ1) is 6.35. The van der Waals surface area contributed by atoms with Gasteiger partial charge in [-0.3, -0.25) is 9.59 Å². The third kappa shape index (κ3) is 0.678. The Bertz CT molecular complexity index is 320. The monoisotopic (exact) mass is 198 g/mol. The molecule has 3 atom stereocenters. The molecule has 2 bridgehead atoms. The van der Waals surface area contributed by atoms with Gasteiger partial charge < -0.3 is 10.2 Å². The van der Waals surface area contributed by atoms with Crippen molar-refractivity contribution in [2.45, 2.75) is 26.7 Å². The second-order valence-corrected chi connectivity index (χ2v) is 4.96. The lowest BCUT2D eigenvalue weighted by Crippen LogP contribution is -2.63. The minimum atomic E-state index is -1.01. The smallest absolute Gasteiger partial charge is 0.311 e. The van der Waals surface area contributed by atoms with Gasteiger partial charge in [-0.05, 0) is 24.2 Å². The van der Waals surface area contributed by atoms with Gasteiger partial charge in [0, 0.05) is 0 Å². The molecule has 3 aliphatic rings. The van der Waals surface area contributed by atoms with Gasteiger partial charge in [0.15, 0.2) is 0 Å². The molecule has 0 unspecified atom stereocenters. The van der Waals surface area contributed by atoms with Crippen molar-refractivity contribution in [2.24, 2.45) is 22.7 Å². The van der Waals surface area contributed by atoms with Crippen molar-refractivity contribution in [1.82, 2.24) is 0 Å². The van der Waals surface area contributed by atoms with E-state index in [0.717, 1.165) is 6.42 Å². The first-order valence-corrected chi connectivity index (χ1v) is 4.82. The number of carboxylic acid groups (broad SMARTS) is 2. The van der Waals surface area contributed by atoms with E-state index >= 15 is 0 Å². The van der Waals surface area contributed by atoms with E-state index in [4.69, 9.17) is 5.11 Å². The van der Waals surface area contributed by atoms with Gasteiger partial charge in [-0.2, -0.15) is 0 Å². The predicted octanol–water partition coefficient (Wildman–Crippen LogP) is 1.21. The van der Waals surface area contributed by atoms with Crippen LogP contribution in [0.4, 0.5) is 0 Å². The molecular formula is C10H14O4. The van der Waals surface area contributed by atoms with E-state index in [-0.39, 0.29) is 11.3 Å². The van der Waals surface area contributed by atoms with Gasteiger partial charge in [0.25, 0.3) is 0 Å². The van der Waals surface area contributed by atoms with Crippen LogP contribution in [0.3, 0.4) is 0 Å². The molecule has 14 heavy (non-hydrogen) atoms. The molecule has 3 saturated carbocycles. The number of fused-ring (bicyclic) bond motifs is 1. The first-order valence-electron chi connectivity index (χ1n) is 4.82. The highest BCUT2D eigenvalue weighted by atomic mass is 16.4. The molecule has 0 aromatic rings. The lowest BCUT2D eigenvalue weighted by Gasteiger charge is -2.56. The average molecular weight is 198 g/mol. The number of hydrogen-bond acceptors (Lipinski definition) is 2. The number of carboxylic acids is 2. The fraction of sp³-hybridized carbons (Fsp3) is 0.800. The fourth-order valence-corrected chi connectivity index (χ4v) is 3.68. The van der Waals surface area contributed by atoms with E-state index < -0.39 is 23.3 Å². The zero-order chi connectivity index (χ0) is 10.7. The molecular weight excluding hydrogens is 184 g/mol. The van der Waals surface area contributed by atoms with Crippen LogP contribution in [0.15, 0.2) is 0 Å². The molecule has 0 amide bonds. The predicted molar refractivity (Wildman–Crippen MR) is 47.7 cm³/mol. The Morgan fingerprint density at radius 3 is 2.14 bits per heavy atom. The standard InChI is InChI=1S/C10H14O4/c1-9(2)5-3-4-10(9,8(13)14)6(5)7(11)12/h5-6H,3-4H2,1-2H3,(H,11,12)(H,13,14)/t5-,6-,10-/m0/s1. The van der Waals surface area contributed by atoms with E-state index in [1.54, 1.807) is 0 Å². The minimum Gasteiger partial charge on any atom is -0.481 e. The third-order valence-corrected chi connectivity index (χ3v) is 4.51. The average Bonchev–Trinajstić information content (AvgIpc) is 2.54. The maximum Gasteiger partial charge on any atom is 0.311 e. The molecule has 2 N–H and O–H groups in total. The summed E-state index contributed by atoms with van der Waals surface area (Å²) in [6.45, 7) is 3.75. The molecule has 0 radical (unpaired) electrons. The van der Waals surface area contributed by atoms with Crippen molar-refractivity contribution >= 4 is 11.9 Å². The normalized spacial score (nSPS) is 43.0. The van der Waals surface area contributed by atoms with Crippen LogP contribution < -0.4 is 0 Å². The van der Waals surface area contributed by atoms with Crippen LogP contribution in [0.2, 0.25) is 0 Å². The lowest BCUT2D eigenvalue weighted by atomic mass is 9.44. The molecule has 0 heterocycles. The van der Waals surface area contributed by atoms with Crippen molar-refractivity contribution in [1.29, 1.82) is 0 Å². The summed E-state index contributed by atoms with van der Waals surface area (Å²) in [5.41, 5.74) is -1.37. The van der Waals surface area contributed by atoms with E-state index in [0.29, 0.717) is 6.42 Å². The van der Waals surface area contributed by atoms with Crippen LogP contribution in [0.5, 0.6) is 0 Å². The number of aliphatic carboxylic acids is 2. The lowest BCUT2D eigenvalue weighted by molar-refractivity contribution is -0.200. The van der Waals surface area contributed by atoms with Gasteiger partial charge in [-0.25, -0.2) is 0 Å². The summed E-state index contributed by atoms with van der Waals surface area (Å²) in [5, 5.41) is 18.2. The van der Waals surface area contributed by atoms with Gasteiger partial charge in [0.1, 0.15) is 0 Å². The van der Waals surface area contributed by atoms with Crippen LogP contribution in [0.25, 0.3) is 0 Å². The van der Waals surface area contributed by atoms with E-state index in [1.165, 1.54) is 0 Å². The zero-order valence-electron chi connectivity index (χ0n) is 8.28. The Balaban J connectivity index is 2.45. The van der Waals surface area contributed by atoms with E-state index in [9.17, 15) is 14.7 Å². The van der Waals surface area contributed by atoms with Gasteiger partial charge in [0.2, 0.25) is 0 Å². The van der Waals surface area contributed by atoms with Gasteiger partial charge in [-0.1, -0.05) is 13.8 Å². The number of carbonyl (C=O) groups is 2. The van der Waals surface area contributed by atoms with Crippen LogP contribution >= 0.6 is 0 Å². The van der Waals surface area contributed by atoms with Crippen LogP contribution in [0, 0.1) is 22.7 Å². The highest BCUT2D eigenvalue weighted by Gasteiger charge is 2.77. The van der Waals surface area contributed by atoms with Crippen LogP contribution in [-0.2, 0) is 9.59 Å². The largest absolute Gasteiger partial charge is 0.481 e. The molecule has 3 rings (SSSR count). The first kappa shape index (κ1) is 9.49. The highest BCUT2D eigenvalue weighted by molar-refractivity contribution is 5.88. The Hall–Kier alpha value is -1.06. The summed E-state index contributed by atoms with van der Waals surface area (Å²) < 4.78 is 0. The Labute approximate surface area is 81.9 Å². The third-order valence-electron chi connectivity index (χ3n) is 4.51. The minimum absolute atomic E-state index is 0.0381. The van der Waals surface area contributed by atoms with Crippen LogP contribution in [0.1, 0.15) is 26.7 Å². The number of hydrogen-bond donors (Lipinski definition) is 2. The molecule has 4 nitrogen and oxygen atoms in total. The summed E-state index contributed by atoms with van der Waals surface area (Å²) in [6.07, 6.45) is 1.24. The summed E-state index contributed by atoms with van der Waals surface area (Å²) in [5.74, 6) is -2.52.